The molecule has 0 spiro atoms. The summed E-state index contributed by atoms with van der Waals surface area (Å²) in [4.78, 5) is 14.0. The minimum absolute atomic E-state index is 0.121. The van der Waals surface area contributed by atoms with Gasteiger partial charge in [0.25, 0.3) is 0 Å². The van der Waals surface area contributed by atoms with E-state index in [0.717, 1.165) is 0 Å². The van der Waals surface area contributed by atoms with E-state index in [-0.39, 0.29) is 18.4 Å². The standard InChI is InChI=1S/C11H17NO2S/c1-8(7-10(13)14)11(12(2)3)9-5-4-6-15-9/h4-6,8,11H,7H2,1-3H3,(H,13,14). The van der Waals surface area contributed by atoms with Gasteiger partial charge in [0, 0.05) is 17.3 Å². The van der Waals surface area contributed by atoms with Crippen molar-refractivity contribution in [3.63, 3.8) is 0 Å². The number of aliphatic carboxylic acids is 1. The molecule has 4 heteroatoms. The smallest absolute Gasteiger partial charge is 0.303 e. The fraction of sp³-hybridized carbons (Fsp3) is 0.545. The van der Waals surface area contributed by atoms with Crippen molar-refractivity contribution in [1.82, 2.24) is 4.90 Å². The first-order valence-corrected chi connectivity index (χ1v) is 5.82. The van der Waals surface area contributed by atoms with Crippen molar-refractivity contribution in [2.75, 3.05) is 14.1 Å². The molecule has 0 fully saturated rings. The number of nitrogens with zero attached hydrogens (tertiary/aromatic N) is 1. The molecule has 1 aromatic heterocycles. The van der Waals surface area contributed by atoms with Gasteiger partial charge in [-0.3, -0.25) is 4.79 Å². The largest absolute Gasteiger partial charge is 0.481 e. The lowest BCUT2D eigenvalue weighted by molar-refractivity contribution is -0.138. The van der Waals surface area contributed by atoms with Crippen molar-refractivity contribution < 1.29 is 9.90 Å². The number of thiophene rings is 1. The molecule has 0 saturated heterocycles. The number of carbonyl (C=O) groups is 1. The molecule has 0 aliphatic carbocycles. The zero-order valence-corrected chi connectivity index (χ0v) is 10.1. The van der Waals surface area contributed by atoms with Gasteiger partial charge in [-0.25, -0.2) is 0 Å². The molecule has 0 aromatic carbocycles. The average Bonchev–Trinajstić information content (AvgIpc) is 2.54. The third kappa shape index (κ3) is 3.32. The molecule has 1 rings (SSSR count). The van der Waals surface area contributed by atoms with Crippen LogP contribution >= 0.6 is 11.3 Å². The predicted octanol–water partition coefficient (Wildman–Crippen LogP) is 2.46. The van der Waals surface area contributed by atoms with Crippen LogP contribution in [0.1, 0.15) is 24.3 Å². The molecule has 2 unspecified atom stereocenters. The summed E-state index contributed by atoms with van der Waals surface area (Å²) < 4.78 is 0. The highest BCUT2D eigenvalue weighted by atomic mass is 32.1. The van der Waals surface area contributed by atoms with Gasteiger partial charge in [0.15, 0.2) is 0 Å². The summed E-state index contributed by atoms with van der Waals surface area (Å²) in [5.41, 5.74) is 0. The van der Waals surface area contributed by atoms with Gasteiger partial charge < -0.3 is 10.0 Å². The van der Waals surface area contributed by atoms with Gasteiger partial charge in [0.1, 0.15) is 0 Å². The Balaban J connectivity index is 2.79. The Morgan fingerprint density at radius 1 is 1.60 bits per heavy atom. The summed E-state index contributed by atoms with van der Waals surface area (Å²) in [6, 6.07) is 4.26. The Morgan fingerprint density at radius 3 is 2.67 bits per heavy atom. The van der Waals surface area contributed by atoms with Crippen LogP contribution in [0.25, 0.3) is 0 Å². The topological polar surface area (TPSA) is 40.5 Å². The van der Waals surface area contributed by atoms with E-state index < -0.39 is 5.97 Å². The van der Waals surface area contributed by atoms with Gasteiger partial charge >= 0.3 is 5.97 Å². The van der Waals surface area contributed by atoms with E-state index >= 15 is 0 Å². The second-order valence-corrected chi connectivity index (χ2v) is 4.98. The van der Waals surface area contributed by atoms with Crippen molar-refractivity contribution in [1.29, 1.82) is 0 Å². The number of carboxylic acids is 1. The van der Waals surface area contributed by atoms with Crippen LogP contribution in [0, 0.1) is 5.92 Å². The zero-order valence-electron chi connectivity index (χ0n) is 9.30. The molecule has 1 heterocycles. The highest BCUT2D eigenvalue weighted by Gasteiger charge is 2.24. The third-order valence-corrected chi connectivity index (χ3v) is 3.37. The second-order valence-electron chi connectivity index (χ2n) is 4.00. The molecular formula is C11H17NO2S. The lowest BCUT2D eigenvalue weighted by Gasteiger charge is -2.28. The maximum absolute atomic E-state index is 10.7. The summed E-state index contributed by atoms with van der Waals surface area (Å²) >= 11 is 1.68. The van der Waals surface area contributed by atoms with Crippen LogP contribution in [0.2, 0.25) is 0 Å². The van der Waals surface area contributed by atoms with Gasteiger partial charge in [-0.05, 0) is 31.5 Å². The van der Waals surface area contributed by atoms with Gasteiger partial charge in [0.05, 0.1) is 0 Å². The minimum Gasteiger partial charge on any atom is -0.481 e. The summed E-state index contributed by atoms with van der Waals surface area (Å²) in [6.45, 7) is 1.98. The molecular weight excluding hydrogens is 210 g/mol. The molecule has 1 N–H and O–H groups in total. The summed E-state index contributed by atoms with van der Waals surface area (Å²) in [5.74, 6) is -0.609. The second kappa shape index (κ2) is 5.28. The molecule has 2 atom stereocenters. The van der Waals surface area contributed by atoms with Gasteiger partial charge in [0.2, 0.25) is 0 Å². The van der Waals surface area contributed by atoms with E-state index in [1.165, 1.54) is 4.88 Å². The molecule has 0 saturated carbocycles. The summed E-state index contributed by atoms with van der Waals surface area (Å²) in [6.07, 6.45) is 0.209. The molecule has 0 aliphatic heterocycles. The number of rotatable bonds is 5. The Morgan fingerprint density at radius 2 is 2.27 bits per heavy atom. The minimum atomic E-state index is -0.731. The van der Waals surface area contributed by atoms with Crippen molar-refractivity contribution in [2.45, 2.75) is 19.4 Å². The maximum atomic E-state index is 10.7. The number of carboxylic acid groups (broad SMARTS) is 1. The monoisotopic (exact) mass is 227 g/mol. The molecule has 0 bridgehead atoms. The SMILES string of the molecule is CC(CC(=O)O)C(c1cccs1)N(C)C. The Bertz CT molecular complexity index is 308. The van der Waals surface area contributed by atoms with Gasteiger partial charge in [-0.1, -0.05) is 13.0 Å². The van der Waals surface area contributed by atoms with E-state index in [1.54, 1.807) is 11.3 Å². The average molecular weight is 227 g/mol. The van der Waals surface area contributed by atoms with Gasteiger partial charge in [-0.2, -0.15) is 0 Å². The van der Waals surface area contributed by atoms with E-state index in [2.05, 4.69) is 11.0 Å². The van der Waals surface area contributed by atoms with Crippen LogP contribution in [0.5, 0.6) is 0 Å². The molecule has 0 amide bonds. The van der Waals surface area contributed by atoms with Crippen LogP contribution in [0.3, 0.4) is 0 Å². The fourth-order valence-electron chi connectivity index (χ4n) is 1.89. The molecule has 0 radical (unpaired) electrons. The van der Waals surface area contributed by atoms with E-state index in [0.29, 0.717) is 0 Å². The number of hydrogen-bond acceptors (Lipinski definition) is 3. The van der Waals surface area contributed by atoms with Crippen molar-refractivity contribution in [3.8, 4) is 0 Å². The van der Waals surface area contributed by atoms with E-state index in [9.17, 15) is 4.79 Å². The molecule has 0 aliphatic rings. The Hall–Kier alpha value is -0.870. The van der Waals surface area contributed by atoms with E-state index in [4.69, 9.17) is 5.11 Å². The highest BCUT2D eigenvalue weighted by Crippen LogP contribution is 2.31. The van der Waals surface area contributed by atoms with Crippen LogP contribution < -0.4 is 0 Å². The Kier molecular flexibility index (Phi) is 4.29. The summed E-state index contributed by atoms with van der Waals surface area (Å²) in [5, 5.41) is 10.8. The van der Waals surface area contributed by atoms with Crippen LogP contribution in [0.15, 0.2) is 17.5 Å². The number of hydrogen-bond donors (Lipinski definition) is 1. The molecule has 15 heavy (non-hydrogen) atoms. The first-order chi connectivity index (χ1) is 7.02. The zero-order chi connectivity index (χ0) is 11.4. The van der Waals surface area contributed by atoms with E-state index in [1.807, 2.05) is 32.5 Å². The van der Waals surface area contributed by atoms with Crippen LogP contribution in [-0.4, -0.2) is 30.1 Å². The predicted molar refractivity (Wildman–Crippen MR) is 62.2 cm³/mol. The Labute approximate surface area is 94.3 Å². The quantitative estimate of drug-likeness (QED) is 0.840. The van der Waals surface area contributed by atoms with Crippen LogP contribution in [-0.2, 0) is 4.79 Å². The fourth-order valence-corrected chi connectivity index (χ4v) is 2.94. The molecule has 1 aromatic rings. The lowest BCUT2D eigenvalue weighted by Crippen LogP contribution is -2.26. The van der Waals surface area contributed by atoms with Crippen molar-refractivity contribution in [2.24, 2.45) is 5.92 Å². The lowest BCUT2D eigenvalue weighted by atomic mass is 9.96. The third-order valence-electron chi connectivity index (χ3n) is 2.43. The van der Waals surface area contributed by atoms with Crippen LogP contribution in [0.4, 0.5) is 0 Å². The van der Waals surface area contributed by atoms with Gasteiger partial charge in [-0.15, -0.1) is 11.3 Å². The maximum Gasteiger partial charge on any atom is 0.303 e. The van der Waals surface area contributed by atoms with Crippen molar-refractivity contribution in [3.05, 3.63) is 22.4 Å². The molecule has 84 valence electrons. The van der Waals surface area contributed by atoms with Crippen molar-refractivity contribution >= 4 is 17.3 Å². The highest BCUT2D eigenvalue weighted by molar-refractivity contribution is 7.10. The first kappa shape index (κ1) is 12.2. The normalized spacial score (nSPS) is 15.2. The first-order valence-electron chi connectivity index (χ1n) is 4.94. The molecule has 3 nitrogen and oxygen atoms in total. The summed E-state index contributed by atoms with van der Waals surface area (Å²) in [7, 11) is 3.98.